The molecule has 3 aliphatic rings. The molecule has 7 rings (SSSR count). The quantitative estimate of drug-likeness (QED) is 0.184. The molecule has 0 aliphatic carbocycles. The third kappa shape index (κ3) is 5.55. The lowest BCUT2D eigenvalue weighted by Gasteiger charge is -2.44. The molecule has 242 valence electrons. The van der Waals surface area contributed by atoms with Crippen molar-refractivity contribution in [1.82, 2.24) is 19.4 Å². The van der Waals surface area contributed by atoms with Crippen LogP contribution in [0.25, 0.3) is 21.3 Å². The van der Waals surface area contributed by atoms with Gasteiger partial charge in [-0.3, -0.25) is 9.36 Å². The van der Waals surface area contributed by atoms with Gasteiger partial charge in [0.25, 0.3) is 0 Å². The molecule has 3 aromatic heterocycles. The number of thioether (sulfide) groups is 1. The van der Waals surface area contributed by atoms with Crippen LogP contribution in [0, 0.1) is 5.92 Å². The minimum atomic E-state index is -4.72. The minimum Gasteiger partial charge on any atom is -0.352 e. The Balaban J connectivity index is 1.44. The fraction of sp³-hybridized carbons (Fsp3) is 0.312. The summed E-state index contributed by atoms with van der Waals surface area (Å²) in [5, 5.41) is 6.60. The number of nitrogens with zero attached hydrogens (tertiary/aromatic N) is 7. The number of anilines is 1. The molecule has 0 N–H and O–H groups in total. The maximum atomic E-state index is 15.0. The van der Waals surface area contributed by atoms with Crippen molar-refractivity contribution in [3.8, 4) is 10.4 Å². The largest absolute Gasteiger partial charge is 0.417 e. The van der Waals surface area contributed by atoms with Gasteiger partial charge < -0.3 is 9.80 Å². The van der Waals surface area contributed by atoms with E-state index in [1.807, 2.05) is 37.1 Å². The zero-order chi connectivity index (χ0) is 33.2. The van der Waals surface area contributed by atoms with Gasteiger partial charge in [0.15, 0.2) is 0 Å². The van der Waals surface area contributed by atoms with Gasteiger partial charge in [-0.15, -0.1) is 27.8 Å². The van der Waals surface area contributed by atoms with Gasteiger partial charge in [-0.25, -0.2) is 4.79 Å². The number of fused-ring (bicyclic) bond motifs is 1. The van der Waals surface area contributed by atoms with Crippen LogP contribution >= 0.6 is 34.7 Å². The first-order chi connectivity index (χ1) is 22.4. The summed E-state index contributed by atoms with van der Waals surface area (Å²) in [6.07, 6.45) is 1.74. The molecule has 1 unspecified atom stereocenters. The van der Waals surface area contributed by atoms with E-state index in [9.17, 15) is 9.59 Å². The van der Waals surface area contributed by atoms with E-state index >= 15 is 13.2 Å². The monoisotopic (exact) mass is 698 g/mol. The molecular weight excluding hydrogens is 671 g/mol. The van der Waals surface area contributed by atoms with Crippen LogP contribution in [0.15, 0.2) is 63.3 Å². The van der Waals surface area contributed by atoms with Crippen LogP contribution in [0.3, 0.4) is 0 Å². The molecule has 1 aromatic carbocycles. The molecule has 0 bridgehead atoms. The van der Waals surface area contributed by atoms with Crippen molar-refractivity contribution < 1.29 is 22.7 Å². The summed E-state index contributed by atoms with van der Waals surface area (Å²) in [6.45, 7) is 8.04. The van der Waals surface area contributed by atoms with Crippen molar-refractivity contribution in [1.29, 1.82) is 0 Å². The number of hydrogen-bond acceptors (Lipinski definition) is 8. The lowest BCUT2D eigenvalue weighted by molar-refractivity contribution is -0.442. The first-order valence-electron chi connectivity index (χ1n) is 14.8. The number of hydrazone groups is 1. The molecule has 6 heterocycles. The second-order valence-electron chi connectivity index (χ2n) is 11.8. The molecule has 15 heteroatoms. The molecule has 4 aromatic rings. The fourth-order valence-corrected chi connectivity index (χ4v) is 9.15. The third-order valence-corrected chi connectivity index (χ3v) is 11.1. The van der Waals surface area contributed by atoms with Gasteiger partial charge in [0.2, 0.25) is 5.91 Å². The number of pyridine rings is 1. The van der Waals surface area contributed by atoms with Crippen LogP contribution in [0.4, 0.5) is 24.8 Å². The van der Waals surface area contributed by atoms with Crippen LogP contribution in [-0.4, -0.2) is 73.4 Å². The van der Waals surface area contributed by atoms with Crippen molar-refractivity contribution in [2.24, 2.45) is 11.0 Å². The topological polar surface area (TPSA) is 86.7 Å². The fourth-order valence-electron chi connectivity index (χ4n) is 6.65. The van der Waals surface area contributed by atoms with Crippen LogP contribution in [0.2, 0.25) is 5.02 Å². The molecule has 0 spiro atoms. The lowest BCUT2D eigenvalue weighted by Crippen LogP contribution is -2.58. The molecule has 0 radical (unpaired) electrons. The highest BCUT2D eigenvalue weighted by Gasteiger charge is 2.40. The van der Waals surface area contributed by atoms with Crippen LogP contribution in [0.5, 0.6) is 0 Å². The molecule has 3 atom stereocenters. The van der Waals surface area contributed by atoms with Gasteiger partial charge in [-0.1, -0.05) is 23.3 Å². The first-order valence-corrected chi connectivity index (χ1v) is 17.1. The van der Waals surface area contributed by atoms with Crippen molar-refractivity contribution in [3.05, 3.63) is 75.1 Å². The maximum absolute atomic E-state index is 15.0. The predicted octanol–water partition coefficient (Wildman–Crippen LogP) is 6.29. The summed E-state index contributed by atoms with van der Waals surface area (Å²) >= 11 is 8.63. The third-order valence-electron chi connectivity index (χ3n) is 8.53. The highest BCUT2D eigenvalue weighted by Crippen LogP contribution is 2.50. The zero-order valence-corrected chi connectivity index (χ0v) is 27.6. The summed E-state index contributed by atoms with van der Waals surface area (Å²) in [7, 11) is 0. The summed E-state index contributed by atoms with van der Waals surface area (Å²) in [6, 6.07) is 5.73. The number of carbonyl (C=O) groups excluding carboxylic acids is 1. The molecule has 47 heavy (non-hydrogen) atoms. The molecule has 3 aliphatic heterocycles. The SMILES string of the molecule is C=CC(=O)N1[C@H](C)CN(c2nc(=O)n3c4c(c(-c5cc(Cl)cs5)c(C(F)(F)F)cc24)SCC(/C=[N+]2\N=Cc4cccnc42)C3)C[C@@H]1C. The maximum Gasteiger partial charge on any atom is 0.417 e. The van der Waals surface area contributed by atoms with E-state index in [1.54, 1.807) is 27.4 Å². The van der Waals surface area contributed by atoms with Crippen molar-refractivity contribution >= 4 is 75.6 Å². The van der Waals surface area contributed by atoms with E-state index in [-0.39, 0.29) is 60.3 Å². The van der Waals surface area contributed by atoms with Crippen molar-refractivity contribution in [2.75, 3.05) is 23.7 Å². The number of piperazine rings is 1. The normalized spacial score (nSPS) is 21.7. The number of rotatable bonds is 4. The Hall–Kier alpha value is -4.01. The average Bonchev–Trinajstić information content (AvgIpc) is 3.59. The molecule has 1 fully saturated rings. The van der Waals surface area contributed by atoms with Gasteiger partial charge in [-0.2, -0.15) is 18.2 Å². The second kappa shape index (κ2) is 11.9. The summed E-state index contributed by atoms with van der Waals surface area (Å²) < 4.78 is 48.2. The Kier molecular flexibility index (Phi) is 8.00. The summed E-state index contributed by atoms with van der Waals surface area (Å²) in [4.78, 5) is 39.7. The summed E-state index contributed by atoms with van der Waals surface area (Å²) in [5.41, 5.74) is -0.179. The Morgan fingerprint density at radius 1 is 1.19 bits per heavy atom. The summed E-state index contributed by atoms with van der Waals surface area (Å²) in [5.74, 6) is 0.621. The smallest absolute Gasteiger partial charge is 0.352 e. The van der Waals surface area contributed by atoms with Gasteiger partial charge in [0, 0.05) is 69.5 Å². The van der Waals surface area contributed by atoms with E-state index in [0.717, 1.165) is 23.0 Å². The van der Waals surface area contributed by atoms with E-state index in [0.29, 0.717) is 31.9 Å². The van der Waals surface area contributed by atoms with E-state index in [1.165, 1.54) is 28.5 Å². The highest BCUT2D eigenvalue weighted by atomic mass is 35.5. The van der Waals surface area contributed by atoms with E-state index in [2.05, 4.69) is 21.6 Å². The Morgan fingerprint density at radius 3 is 2.64 bits per heavy atom. The van der Waals surface area contributed by atoms with Crippen LogP contribution in [0.1, 0.15) is 25.0 Å². The van der Waals surface area contributed by atoms with E-state index in [4.69, 9.17) is 11.6 Å². The molecule has 0 saturated carbocycles. The number of benzene rings is 1. The number of halogens is 4. The number of carbonyl (C=O) groups is 1. The number of thiophene rings is 1. The Morgan fingerprint density at radius 2 is 1.96 bits per heavy atom. The first kappa shape index (κ1) is 31.6. The van der Waals surface area contributed by atoms with Crippen molar-refractivity contribution in [3.63, 3.8) is 0 Å². The van der Waals surface area contributed by atoms with E-state index < -0.39 is 17.4 Å². The Bertz CT molecular complexity index is 2060. The van der Waals surface area contributed by atoms with Crippen LogP contribution < -0.4 is 10.6 Å². The van der Waals surface area contributed by atoms with Gasteiger partial charge in [0.05, 0.1) is 27.9 Å². The van der Waals surface area contributed by atoms with Crippen molar-refractivity contribution in [2.45, 2.75) is 43.5 Å². The van der Waals surface area contributed by atoms with Gasteiger partial charge >= 0.3 is 17.7 Å². The Labute approximate surface area is 280 Å². The predicted molar refractivity (Wildman–Crippen MR) is 180 cm³/mol. The second-order valence-corrected chi connectivity index (χ2v) is 14.1. The van der Waals surface area contributed by atoms with Gasteiger partial charge in [0.1, 0.15) is 18.2 Å². The molecule has 9 nitrogen and oxygen atoms in total. The zero-order valence-electron chi connectivity index (χ0n) is 25.2. The lowest BCUT2D eigenvalue weighted by atomic mass is 10.00. The number of hydrogen-bond donors (Lipinski definition) is 0. The number of amides is 1. The van der Waals surface area contributed by atoms with Gasteiger partial charge in [-0.05, 0) is 49.2 Å². The minimum absolute atomic E-state index is 0.00723. The average molecular weight is 699 g/mol. The number of alkyl halides is 3. The molecule has 1 saturated heterocycles. The molecular formula is C32H28ClF3N7O2S2+. The number of aromatic nitrogens is 3. The molecule has 1 amide bonds. The standard InChI is InChI=1S/C32H28ClF3N7O2S2/c1-4-25(44)43-17(2)11-40(12-18(43)3)30-22-9-23(32(34,35)36)26(24-8-21(33)16-46-24)28-27(22)41(31(45)39-30)13-19(15-47-28)14-42-29-20(10-38-42)6-5-7-37-29/h4-10,14,16-19H,1,11-13,15H2,2-3H3/q+1/b42-14-/t17-,18+,19?. The highest BCUT2D eigenvalue weighted by molar-refractivity contribution is 7.99. The van der Waals surface area contributed by atoms with Crippen LogP contribution in [-0.2, 0) is 17.5 Å².